The number of fused-ring (bicyclic) bond motifs is 5. The minimum atomic E-state index is 0.243. The molecule has 0 radical (unpaired) electrons. The fraction of sp³-hybridized carbons (Fsp3) is 0. The van der Waals surface area contributed by atoms with Crippen LogP contribution in [0.1, 0.15) is 11.3 Å². The van der Waals surface area contributed by atoms with Crippen molar-refractivity contribution in [3.63, 3.8) is 0 Å². The van der Waals surface area contributed by atoms with Gasteiger partial charge >= 0.3 is 0 Å². The number of H-pyrrole nitrogens is 6. The zero-order valence-electron chi connectivity index (χ0n) is 37.1. The lowest BCUT2D eigenvalue weighted by molar-refractivity contribution is 0.820. The lowest BCUT2D eigenvalue weighted by atomic mass is 10.2. The fourth-order valence-corrected chi connectivity index (χ4v) is 9.41. The maximum absolute atomic E-state index is 5.30. The van der Waals surface area contributed by atoms with E-state index in [1.165, 1.54) is 0 Å². The highest BCUT2D eigenvalue weighted by atomic mass is 15.6. The molecule has 0 bridgehead atoms. The first-order valence-corrected chi connectivity index (χ1v) is 22.6. The second-order valence-electron chi connectivity index (χ2n) is 17.0. The van der Waals surface area contributed by atoms with Crippen molar-refractivity contribution in [3.8, 4) is 0 Å². The van der Waals surface area contributed by atoms with Crippen molar-refractivity contribution in [2.75, 3.05) is 14.7 Å². The smallest absolute Gasteiger partial charge is 0.246 e. The van der Waals surface area contributed by atoms with Gasteiger partial charge in [-0.25, -0.2) is 19.6 Å². The van der Waals surface area contributed by atoms with Gasteiger partial charge in [-0.3, -0.25) is 0 Å². The van der Waals surface area contributed by atoms with Crippen LogP contribution in [0.15, 0.2) is 201 Å². The molecule has 70 heavy (non-hydrogen) atoms. The molecule has 0 fully saturated rings. The minimum absolute atomic E-state index is 0.243. The molecule has 0 amide bonds. The van der Waals surface area contributed by atoms with E-state index >= 15 is 0 Å². The molecule has 6 N–H and O–H groups in total. The second-order valence-corrected chi connectivity index (χ2v) is 17.0. The first kappa shape index (κ1) is 39.0. The third kappa shape index (κ3) is 6.24. The molecule has 0 saturated carbocycles. The zero-order valence-corrected chi connectivity index (χ0v) is 37.1. The number of aromatic nitrogens is 6. The number of benzene rings is 5. The highest BCUT2D eigenvalue weighted by molar-refractivity contribution is 6.34. The maximum Gasteiger partial charge on any atom is 0.246 e. The van der Waals surface area contributed by atoms with Crippen LogP contribution in [0, 0.1) is 0 Å². The zero-order chi connectivity index (χ0) is 46.5. The van der Waals surface area contributed by atoms with Crippen molar-refractivity contribution in [3.05, 3.63) is 182 Å². The van der Waals surface area contributed by atoms with Crippen LogP contribution < -0.4 is 14.7 Å². The van der Waals surface area contributed by atoms with E-state index in [1.54, 1.807) is 17.1 Å². The van der Waals surface area contributed by atoms with E-state index < -0.39 is 0 Å². The number of guanidine groups is 6. The molecule has 5 aromatic carbocycles. The summed E-state index contributed by atoms with van der Waals surface area (Å²) < 4.78 is 0. The van der Waals surface area contributed by atoms with Gasteiger partial charge in [0.25, 0.3) is 0 Å². The van der Waals surface area contributed by atoms with Crippen molar-refractivity contribution in [2.45, 2.75) is 0 Å². The molecule has 0 aliphatic carbocycles. The van der Waals surface area contributed by atoms with Crippen molar-refractivity contribution >= 4 is 137 Å². The molecule has 6 aromatic heterocycles. The Morgan fingerprint density at radius 1 is 0.343 bits per heavy atom. The summed E-state index contributed by atoms with van der Waals surface area (Å²) in [6.45, 7) is 8.17. The number of rotatable bonds is 8. The minimum Gasteiger partial charge on any atom is -0.341 e. The molecule has 0 spiro atoms. The van der Waals surface area contributed by atoms with E-state index in [2.05, 4.69) is 104 Å². The van der Waals surface area contributed by atoms with Crippen molar-refractivity contribution in [1.82, 2.24) is 34.8 Å². The molecule has 16 nitrogen and oxygen atoms in total. The Balaban J connectivity index is 1.03. The summed E-state index contributed by atoms with van der Waals surface area (Å²) in [5.41, 5.74) is 6.38. The van der Waals surface area contributed by atoms with Gasteiger partial charge in [0, 0.05) is 65.8 Å². The quantitative estimate of drug-likeness (QED) is 0.0888. The first-order chi connectivity index (χ1) is 34.5. The Bertz CT molecular complexity index is 3680. The summed E-state index contributed by atoms with van der Waals surface area (Å²) in [5.74, 6) is 5.82. The Kier molecular flexibility index (Phi) is 8.44. The van der Waals surface area contributed by atoms with E-state index in [9.17, 15) is 0 Å². The number of aromatic amines is 6. The Hall–Kier alpha value is -10.2. The predicted molar refractivity (Wildman–Crippen MR) is 285 cm³/mol. The largest absolute Gasteiger partial charge is 0.341 e. The van der Waals surface area contributed by atoms with Crippen molar-refractivity contribution < 1.29 is 0 Å². The van der Waals surface area contributed by atoms with Crippen LogP contribution in [0.2, 0.25) is 0 Å². The normalized spacial score (nSPS) is 14.3. The molecule has 9 heterocycles. The van der Waals surface area contributed by atoms with Gasteiger partial charge < -0.3 is 29.9 Å². The molecule has 334 valence electrons. The molecule has 14 rings (SSSR count). The van der Waals surface area contributed by atoms with E-state index in [1.807, 2.05) is 112 Å². The van der Waals surface area contributed by atoms with E-state index in [-0.39, 0.29) is 35.8 Å². The highest BCUT2D eigenvalue weighted by Crippen LogP contribution is 2.37. The van der Waals surface area contributed by atoms with E-state index in [0.29, 0.717) is 11.6 Å². The highest BCUT2D eigenvalue weighted by Gasteiger charge is 2.40. The number of anilines is 6. The third-order valence-corrected chi connectivity index (χ3v) is 12.7. The maximum atomic E-state index is 5.30. The average Bonchev–Trinajstić information content (AvgIpc) is 4.26. The number of para-hydroxylation sites is 5. The average molecular weight is 911 g/mol. The second kappa shape index (κ2) is 15.2. The van der Waals surface area contributed by atoms with Gasteiger partial charge in [0.05, 0.1) is 0 Å². The summed E-state index contributed by atoms with van der Waals surface area (Å²) in [5, 5.41) is 5.08. The summed E-state index contributed by atoms with van der Waals surface area (Å²) in [6, 6.07) is 53.1. The Labute approximate surface area is 397 Å². The summed E-state index contributed by atoms with van der Waals surface area (Å²) in [7, 11) is 0. The predicted octanol–water partition coefficient (Wildman–Crippen LogP) is 12.0. The summed E-state index contributed by atoms with van der Waals surface area (Å²) in [6.07, 6.45) is 3.55. The summed E-state index contributed by atoms with van der Waals surface area (Å²) >= 11 is 0. The van der Waals surface area contributed by atoms with Crippen LogP contribution in [0.3, 0.4) is 0 Å². The number of aliphatic imine (C=N–C) groups is 6. The molecule has 0 atom stereocenters. The van der Waals surface area contributed by atoms with Gasteiger partial charge in [-0.05, 0) is 72.8 Å². The number of hydrogen-bond acceptors (Lipinski definition) is 10. The number of hydrogen-bond donors (Lipinski definition) is 6. The van der Waals surface area contributed by atoms with Crippen LogP contribution in [-0.2, 0) is 0 Å². The Morgan fingerprint density at radius 3 is 0.886 bits per heavy atom. The number of nitrogens with zero attached hydrogens (tertiary/aromatic N) is 10. The lowest BCUT2D eigenvalue weighted by Gasteiger charge is -2.34. The van der Waals surface area contributed by atoms with Gasteiger partial charge in [-0.15, -0.1) is 0 Å². The molecule has 11 aromatic rings. The topological polar surface area (TPSA) is 182 Å². The Morgan fingerprint density at radius 2 is 0.629 bits per heavy atom. The van der Waals surface area contributed by atoms with Crippen LogP contribution in [0.4, 0.5) is 34.9 Å². The van der Waals surface area contributed by atoms with Gasteiger partial charge in [-0.2, -0.15) is 30.0 Å². The standard InChI is InChI=1S/C54H38N16/c1-3-31-25-43(55-37(31)4-2)67(44-26-32-15-5-10-20-38(32)56-44)49-61-52-63-50(68(45-27-33-16-6-11-21-39(33)57-45)46-28-34-17-7-12-22-40(34)58-46)65-54-66-51(64-53(62-49)70(52)54)69(47-29-35-18-8-13-23-41(35)59-47)48-30-36-19-9-14-24-42(36)60-48/h3-30,55-60H,1-2H2. The van der Waals surface area contributed by atoms with Gasteiger partial charge in [0.15, 0.2) is 0 Å². The number of nitrogens with one attached hydrogen (secondary N) is 6. The lowest BCUT2D eigenvalue weighted by Crippen LogP contribution is -2.51. The van der Waals surface area contributed by atoms with E-state index in [4.69, 9.17) is 30.0 Å². The molecule has 3 aliphatic heterocycles. The van der Waals surface area contributed by atoms with Gasteiger partial charge in [0.1, 0.15) is 34.9 Å². The molecular weight excluding hydrogens is 873 g/mol. The van der Waals surface area contributed by atoms with Crippen LogP contribution in [-0.4, -0.2) is 70.6 Å². The van der Waals surface area contributed by atoms with Gasteiger partial charge in [0.2, 0.25) is 35.8 Å². The van der Waals surface area contributed by atoms with Crippen LogP contribution >= 0.6 is 0 Å². The SMILES string of the molecule is C=Cc1cc(N(C2=NC3=NC(N(c4cc5ccccc5[nH]4)c4cc5ccccc5[nH]4)=NC4=NC(N(c5cc6ccccc6[nH]5)c5cc6ccccc6[nH]5)=NC(=N2)N34)c2cc3ccccc3[nH]2)[nH]c1C=C. The van der Waals surface area contributed by atoms with Crippen molar-refractivity contribution in [2.24, 2.45) is 30.0 Å². The summed E-state index contributed by atoms with van der Waals surface area (Å²) in [4.78, 5) is 60.9. The van der Waals surface area contributed by atoms with Gasteiger partial charge in [-0.1, -0.05) is 110 Å². The van der Waals surface area contributed by atoms with Crippen LogP contribution in [0.5, 0.6) is 0 Å². The molecular formula is C54H38N16. The van der Waals surface area contributed by atoms with Crippen molar-refractivity contribution in [1.29, 1.82) is 0 Å². The van der Waals surface area contributed by atoms with Crippen LogP contribution in [0.25, 0.3) is 66.7 Å². The molecule has 0 saturated heterocycles. The first-order valence-electron chi connectivity index (χ1n) is 22.6. The van der Waals surface area contributed by atoms with E-state index in [0.717, 1.165) is 89.0 Å². The molecule has 0 unspecified atom stereocenters. The monoisotopic (exact) mass is 910 g/mol. The fourth-order valence-electron chi connectivity index (χ4n) is 9.41. The third-order valence-electron chi connectivity index (χ3n) is 12.7. The molecule has 3 aliphatic rings. The molecule has 16 heteroatoms.